The number of benzene rings is 2. The number of aromatic nitrogens is 3. The fourth-order valence-electron chi connectivity index (χ4n) is 3.66. The maximum atomic E-state index is 12.4. The van der Waals surface area contributed by atoms with E-state index in [9.17, 15) is 4.79 Å². The molecule has 0 aliphatic carbocycles. The molecule has 160 valence electrons. The van der Waals surface area contributed by atoms with E-state index >= 15 is 0 Å². The van der Waals surface area contributed by atoms with Crippen LogP contribution in [0.3, 0.4) is 0 Å². The van der Waals surface area contributed by atoms with E-state index in [2.05, 4.69) is 58.8 Å². The van der Waals surface area contributed by atoms with E-state index in [0.717, 1.165) is 45.1 Å². The monoisotopic (exact) mass is 434 g/mol. The van der Waals surface area contributed by atoms with E-state index < -0.39 is 6.09 Å². The number of imidazole rings is 1. The van der Waals surface area contributed by atoms with Crippen molar-refractivity contribution < 1.29 is 9.53 Å². The third-order valence-corrected chi connectivity index (χ3v) is 6.45. The van der Waals surface area contributed by atoms with E-state index in [1.165, 1.54) is 22.5 Å². The molecule has 1 N–H and O–H groups in total. The average Bonchev–Trinajstić information content (AvgIpc) is 3.25. The summed E-state index contributed by atoms with van der Waals surface area (Å²) in [6, 6.07) is 12.2. The van der Waals surface area contributed by atoms with E-state index in [1.54, 1.807) is 0 Å². The summed E-state index contributed by atoms with van der Waals surface area (Å²) in [6.45, 7) is 8.30. The van der Waals surface area contributed by atoms with Crippen LogP contribution in [0.1, 0.15) is 35.1 Å². The quantitative estimate of drug-likeness (QED) is 0.422. The molecule has 0 bridgehead atoms. The number of nitrogens with one attached hydrogen (secondary N) is 1. The van der Waals surface area contributed by atoms with Gasteiger partial charge in [-0.15, -0.1) is 0 Å². The van der Waals surface area contributed by atoms with Gasteiger partial charge in [0.05, 0.1) is 16.7 Å². The highest BCUT2D eigenvalue weighted by atomic mass is 32.1. The number of hydrogen-bond donors (Lipinski definition) is 1. The Balaban J connectivity index is 1.43. The number of carbonyl (C=O) groups is 1. The molecule has 0 saturated carbocycles. The maximum Gasteiger partial charge on any atom is 0.412 e. The zero-order chi connectivity index (χ0) is 22.1. The second kappa shape index (κ2) is 8.51. The Hall–Kier alpha value is -3.19. The minimum absolute atomic E-state index is 0.182. The van der Waals surface area contributed by atoms with Crippen molar-refractivity contribution in [2.45, 2.75) is 40.7 Å². The topological polar surface area (TPSA) is 69.0 Å². The lowest BCUT2D eigenvalue weighted by Crippen LogP contribution is -2.13. The molecule has 7 heteroatoms. The molecule has 4 rings (SSSR count). The highest BCUT2D eigenvalue weighted by Gasteiger charge is 2.15. The van der Waals surface area contributed by atoms with E-state index in [0.29, 0.717) is 5.00 Å². The highest BCUT2D eigenvalue weighted by molar-refractivity contribution is 7.19. The summed E-state index contributed by atoms with van der Waals surface area (Å²) in [7, 11) is 2.02. The van der Waals surface area contributed by atoms with Gasteiger partial charge in [0, 0.05) is 19.0 Å². The van der Waals surface area contributed by atoms with Crippen molar-refractivity contribution in [1.82, 2.24) is 14.5 Å². The third-order valence-electron chi connectivity index (χ3n) is 5.35. The molecule has 2 aromatic carbocycles. The summed E-state index contributed by atoms with van der Waals surface area (Å²) < 4.78 is 7.54. The number of nitrogens with zero attached hydrogens (tertiary/aromatic N) is 3. The number of rotatable bonds is 5. The van der Waals surface area contributed by atoms with Crippen LogP contribution in [0.2, 0.25) is 0 Å². The van der Waals surface area contributed by atoms with Crippen molar-refractivity contribution >= 4 is 33.5 Å². The molecule has 4 aromatic rings. The lowest BCUT2D eigenvalue weighted by Gasteiger charge is -2.06. The molecule has 0 saturated heterocycles. The molecule has 0 spiro atoms. The Labute approximate surface area is 185 Å². The lowest BCUT2D eigenvalue weighted by atomic mass is 10.1. The predicted octanol–water partition coefficient (Wildman–Crippen LogP) is 5.93. The summed E-state index contributed by atoms with van der Waals surface area (Å²) in [5.74, 6) is 1.03. The van der Waals surface area contributed by atoms with Gasteiger partial charge in [-0.3, -0.25) is 5.32 Å². The van der Waals surface area contributed by atoms with E-state index in [4.69, 9.17) is 4.74 Å². The highest BCUT2D eigenvalue weighted by Crippen LogP contribution is 2.34. The first kappa shape index (κ1) is 21.1. The molecule has 0 fully saturated rings. The van der Waals surface area contributed by atoms with Gasteiger partial charge in [0.25, 0.3) is 0 Å². The molecule has 0 radical (unpaired) electrons. The second-order valence-corrected chi connectivity index (χ2v) is 8.72. The molecule has 1 amide bonds. The van der Waals surface area contributed by atoms with Gasteiger partial charge in [0.2, 0.25) is 0 Å². The first-order valence-corrected chi connectivity index (χ1v) is 11.1. The van der Waals surface area contributed by atoms with Crippen molar-refractivity contribution in [3.05, 3.63) is 64.6 Å². The molecule has 2 aromatic heterocycles. The number of ether oxygens (including phenoxy) is 1. The first-order valence-electron chi connectivity index (χ1n) is 10.3. The van der Waals surface area contributed by atoms with Crippen LogP contribution < -0.4 is 5.32 Å². The smallest absolute Gasteiger partial charge is 0.412 e. The number of amides is 1. The zero-order valence-corrected chi connectivity index (χ0v) is 19.3. The molecule has 0 aliphatic heterocycles. The lowest BCUT2D eigenvalue weighted by molar-refractivity contribution is 0.155. The minimum Gasteiger partial charge on any atom is -0.444 e. The Morgan fingerprint density at radius 3 is 2.68 bits per heavy atom. The summed E-state index contributed by atoms with van der Waals surface area (Å²) in [5, 5.41) is 4.42. The van der Waals surface area contributed by atoms with Crippen molar-refractivity contribution in [3.63, 3.8) is 0 Å². The number of fused-ring (bicyclic) bond motifs is 1. The maximum absolute atomic E-state index is 12.4. The number of aryl methyl sites for hydroxylation is 5. The number of anilines is 1. The Kier molecular flexibility index (Phi) is 5.78. The van der Waals surface area contributed by atoms with Crippen LogP contribution >= 0.6 is 11.3 Å². The molecule has 6 nitrogen and oxygen atoms in total. The van der Waals surface area contributed by atoms with Crippen molar-refractivity contribution in [1.29, 1.82) is 0 Å². The van der Waals surface area contributed by atoms with Gasteiger partial charge < -0.3 is 9.30 Å². The first-order chi connectivity index (χ1) is 14.9. The van der Waals surface area contributed by atoms with Crippen LogP contribution in [0.4, 0.5) is 9.80 Å². The van der Waals surface area contributed by atoms with Gasteiger partial charge in [-0.1, -0.05) is 48.1 Å². The van der Waals surface area contributed by atoms with Gasteiger partial charge in [-0.05, 0) is 44.0 Å². The fraction of sp³-hybridized carbons (Fsp3) is 0.292. The molecule has 2 heterocycles. The standard InChI is InChI=1S/C24H26N4O2S/c1-6-21-26-19-12-17(8-10-20(19)28(21)5)13-30-24(29)27-22-16(4)25-23(31-22)18-9-7-14(2)11-15(18)3/h7-12H,6,13H2,1-5H3,(H,27,29). The molecule has 0 aliphatic rings. The van der Waals surface area contributed by atoms with Crippen LogP contribution in [-0.4, -0.2) is 20.6 Å². The van der Waals surface area contributed by atoms with Gasteiger partial charge in [-0.25, -0.2) is 14.8 Å². The largest absolute Gasteiger partial charge is 0.444 e. The van der Waals surface area contributed by atoms with Crippen molar-refractivity contribution in [3.8, 4) is 10.6 Å². The molecular formula is C24H26N4O2S. The zero-order valence-electron chi connectivity index (χ0n) is 18.4. The third kappa shape index (κ3) is 4.32. The van der Waals surface area contributed by atoms with Crippen LogP contribution in [0, 0.1) is 20.8 Å². The van der Waals surface area contributed by atoms with E-state index in [1.807, 2.05) is 32.2 Å². The Morgan fingerprint density at radius 2 is 1.94 bits per heavy atom. The van der Waals surface area contributed by atoms with Gasteiger partial charge >= 0.3 is 6.09 Å². The van der Waals surface area contributed by atoms with Gasteiger partial charge in [0.15, 0.2) is 0 Å². The van der Waals surface area contributed by atoms with Gasteiger partial charge in [0.1, 0.15) is 22.4 Å². The van der Waals surface area contributed by atoms with Crippen molar-refractivity contribution in [2.24, 2.45) is 7.05 Å². The van der Waals surface area contributed by atoms with Crippen LogP contribution in [-0.2, 0) is 24.8 Å². The predicted molar refractivity (Wildman–Crippen MR) is 126 cm³/mol. The average molecular weight is 435 g/mol. The fourth-order valence-corrected chi connectivity index (χ4v) is 4.70. The molecule has 31 heavy (non-hydrogen) atoms. The SMILES string of the molecule is CCc1nc2cc(COC(=O)Nc3sc(-c4ccc(C)cc4C)nc3C)ccc2n1C. The number of carbonyl (C=O) groups excluding carboxylic acids is 1. The number of thiazole rings is 1. The van der Waals surface area contributed by atoms with Gasteiger partial charge in [-0.2, -0.15) is 0 Å². The Bertz CT molecular complexity index is 1270. The summed E-state index contributed by atoms with van der Waals surface area (Å²) in [6.07, 6.45) is 0.381. The summed E-state index contributed by atoms with van der Waals surface area (Å²) >= 11 is 1.46. The van der Waals surface area contributed by atoms with Crippen molar-refractivity contribution in [2.75, 3.05) is 5.32 Å². The second-order valence-electron chi connectivity index (χ2n) is 7.72. The van der Waals surface area contributed by atoms with Crippen LogP contribution in [0.25, 0.3) is 21.6 Å². The number of hydrogen-bond acceptors (Lipinski definition) is 5. The molecular weight excluding hydrogens is 408 g/mol. The molecule has 0 unspecified atom stereocenters. The minimum atomic E-state index is -0.491. The molecule has 0 atom stereocenters. The van der Waals surface area contributed by atoms with Crippen LogP contribution in [0.15, 0.2) is 36.4 Å². The van der Waals surface area contributed by atoms with Crippen LogP contribution in [0.5, 0.6) is 0 Å². The summed E-state index contributed by atoms with van der Waals surface area (Å²) in [4.78, 5) is 21.7. The Morgan fingerprint density at radius 1 is 1.13 bits per heavy atom. The normalized spacial score (nSPS) is 11.1. The van der Waals surface area contributed by atoms with E-state index in [-0.39, 0.29) is 6.61 Å². The summed E-state index contributed by atoms with van der Waals surface area (Å²) in [5.41, 5.74) is 7.13.